The number of urea groups is 1. The second-order valence-electron chi connectivity index (χ2n) is 7.06. The second-order valence-corrected chi connectivity index (χ2v) is 7.06. The summed E-state index contributed by atoms with van der Waals surface area (Å²) in [5.41, 5.74) is 2.38. The number of halogens is 3. The van der Waals surface area contributed by atoms with Gasteiger partial charge in [-0.1, -0.05) is 12.1 Å². The number of aromatic amines is 2. The van der Waals surface area contributed by atoms with Gasteiger partial charge in [0.25, 0.3) is 0 Å². The number of benzene rings is 2. The molecular weight excluding hydrogens is 383 g/mol. The van der Waals surface area contributed by atoms with Crippen molar-refractivity contribution in [2.45, 2.75) is 19.1 Å². The van der Waals surface area contributed by atoms with Crippen molar-refractivity contribution in [1.29, 1.82) is 0 Å². The van der Waals surface area contributed by atoms with Crippen molar-refractivity contribution < 1.29 is 18.0 Å². The van der Waals surface area contributed by atoms with Crippen molar-refractivity contribution >= 4 is 33.7 Å². The molecule has 9 heteroatoms. The van der Waals surface area contributed by atoms with Crippen LogP contribution in [0.2, 0.25) is 0 Å². The molecule has 0 fully saturated rings. The maximum Gasteiger partial charge on any atom is 0.416 e. The molecule has 0 unspecified atom stereocenters. The van der Waals surface area contributed by atoms with Crippen molar-refractivity contribution in [3.05, 3.63) is 59.3 Å². The van der Waals surface area contributed by atoms with Gasteiger partial charge < -0.3 is 9.88 Å². The molecule has 0 saturated carbocycles. The smallest absolute Gasteiger partial charge is 0.357 e. The third kappa shape index (κ3) is 2.98. The minimum atomic E-state index is -4.38. The number of nitrogens with zero attached hydrogens (tertiary/aromatic N) is 2. The highest BCUT2D eigenvalue weighted by Gasteiger charge is 2.32. The Bertz CT molecular complexity index is 1240. The maximum atomic E-state index is 13.0. The van der Waals surface area contributed by atoms with E-state index in [1.165, 1.54) is 12.1 Å². The highest BCUT2D eigenvalue weighted by atomic mass is 19.4. The lowest BCUT2D eigenvalue weighted by Crippen LogP contribution is -2.38. The van der Waals surface area contributed by atoms with E-state index < -0.39 is 11.7 Å². The van der Waals surface area contributed by atoms with Gasteiger partial charge in [-0.05, 0) is 42.3 Å². The van der Waals surface area contributed by atoms with Crippen LogP contribution in [-0.2, 0) is 19.1 Å². The number of fused-ring (bicyclic) bond motifs is 4. The predicted molar refractivity (Wildman–Crippen MR) is 103 cm³/mol. The molecule has 0 radical (unpaired) electrons. The number of alkyl halides is 3. The van der Waals surface area contributed by atoms with E-state index in [9.17, 15) is 18.0 Å². The van der Waals surface area contributed by atoms with Crippen LogP contribution >= 0.6 is 0 Å². The molecule has 5 rings (SSSR count). The summed E-state index contributed by atoms with van der Waals surface area (Å²) in [5, 5.41) is 11.2. The Morgan fingerprint density at radius 1 is 1.10 bits per heavy atom. The molecule has 2 aromatic heterocycles. The van der Waals surface area contributed by atoms with E-state index in [4.69, 9.17) is 0 Å². The summed E-state index contributed by atoms with van der Waals surface area (Å²) >= 11 is 0. The molecule has 3 N–H and O–H groups in total. The highest BCUT2D eigenvalue weighted by Crippen LogP contribution is 2.34. The minimum absolute atomic E-state index is 0.291. The molecule has 6 nitrogen and oxygen atoms in total. The largest absolute Gasteiger partial charge is 0.416 e. The van der Waals surface area contributed by atoms with Gasteiger partial charge in [0.2, 0.25) is 0 Å². The fourth-order valence-electron chi connectivity index (χ4n) is 3.83. The molecule has 0 atom stereocenters. The van der Waals surface area contributed by atoms with E-state index >= 15 is 0 Å². The molecule has 3 heterocycles. The van der Waals surface area contributed by atoms with Crippen molar-refractivity contribution in [3.8, 4) is 0 Å². The summed E-state index contributed by atoms with van der Waals surface area (Å²) in [6, 6.07) is 10.8. The fourth-order valence-corrected chi connectivity index (χ4v) is 3.83. The average molecular weight is 399 g/mol. The Hall–Kier alpha value is -3.49. The number of hydrogen-bond donors (Lipinski definition) is 3. The standard InChI is InChI=1S/C20H16F3N5O/c21-20(22,23)11-5-6-15-14(9-11)12-7-8-28(10-17(12)24-15)19(29)25-18-13-3-1-2-4-16(13)26-27-18/h1-6,9,24H,7-8,10H2,(H2,25,26,27,29). The Kier molecular flexibility index (Phi) is 3.80. The summed E-state index contributed by atoms with van der Waals surface area (Å²) in [6.07, 6.45) is -3.91. The zero-order valence-corrected chi connectivity index (χ0v) is 15.1. The van der Waals surface area contributed by atoms with Gasteiger partial charge in [-0.15, -0.1) is 0 Å². The van der Waals surface area contributed by atoms with Crippen molar-refractivity contribution in [2.75, 3.05) is 11.9 Å². The quantitative estimate of drug-likeness (QED) is 0.436. The zero-order chi connectivity index (χ0) is 20.2. The number of carbonyl (C=O) groups is 1. The number of nitrogens with one attached hydrogen (secondary N) is 3. The lowest BCUT2D eigenvalue weighted by atomic mass is 10.0. The van der Waals surface area contributed by atoms with Crippen LogP contribution < -0.4 is 5.32 Å². The number of H-pyrrole nitrogens is 2. The molecule has 29 heavy (non-hydrogen) atoms. The van der Waals surface area contributed by atoms with E-state index in [1.54, 1.807) is 4.90 Å². The predicted octanol–water partition coefficient (Wildman–Crippen LogP) is 4.65. The van der Waals surface area contributed by atoms with Gasteiger partial charge in [0, 0.05) is 28.5 Å². The number of hydrogen-bond acceptors (Lipinski definition) is 2. The molecule has 1 aliphatic rings. The first kappa shape index (κ1) is 17.6. The van der Waals surface area contributed by atoms with Gasteiger partial charge in [-0.3, -0.25) is 10.4 Å². The Morgan fingerprint density at radius 2 is 1.93 bits per heavy atom. The van der Waals surface area contributed by atoms with Crippen LogP contribution in [0.15, 0.2) is 42.5 Å². The first-order chi connectivity index (χ1) is 13.9. The van der Waals surface area contributed by atoms with E-state index in [1.807, 2.05) is 24.3 Å². The molecule has 0 saturated heterocycles. The molecule has 0 spiro atoms. The lowest BCUT2D eigenvalue weighted by molar-refractivity contribution is -0.137. The summed E-state index contributed by atoms with van der Waals surface area (Å²) in [7, 11) is 0. The summed E-state index contributed by atoms with van der Waals surface area (Å²) < 4.78 is 39.1. The number of para-hydroxylation sites is 1. The second kappa shape index (κ2) is 6.26. The molecule has 148 valence electrons. The first-order valence-electron chi connectivity index (χ1n) is 9.10. The number of carbonyl (C=O) groups excluding carboxylic acids is 1. The van der Waals surface area contributed by atoms with Gasteiger partial charge in [0.1, 0.15) is 0 Å². The van der Waals surface area contributed by atoms with Gasteiger partial charge in [0.05, 0.1) is 17.6 Å². The molecule has 2 aromatic carbocycles. The van der Waals surface area contributed by atoms with Crippen LogP contribution in [0.3, 0.4) is 0 Å². The molecule has 4 aromatic rings. The van der Waals surface area contributed by atoms with Crippen molar-refractivity contribution in [3.63, 3.8) is 0 Å². The topological polar surface area (TPSA) is 76.8 Å². The normalized spacial score (nSPS) is 14.4. The summed E-state index contributed by atoms with van der Waals surface area (Å²) in [5.74, 6) is 0.447. The Labute approximate surface area is 162 Å². The Morgan fingerprint density at radius 3 is 2.76 bits per heavy atom. The molecule has 2 amide bonds. The van der Waals surface area contributed by atoms with Crippen LogP contribution in [0.1, 0.15) is 16.8 Å². The Balaban J connectivity index is 1.40. The van der Waals surface area contributed by atoms with Gasteiger partial charge >= 0.3 is 12.2 Å². The first-order valence-corrected chi connectivity index (χ1v) is 9.10. The van der Waals surface area contributed by atoms with Crippen LogP contribution in [0, 0.1) is 0 Å². The van der Waals surface area contributed by atoms with Crippen molar-refractivity contribution in [1.82, 2.24) is 20.1 Å². The number of anilines is 1. The van der Waals surface area contributed by atoms with Crippen molar-refractivity contribution in [2.24, 2.45) is 0 Å². The van der Waals surface area contributed by atoms with Gasteiger partial charge in [0.15, 0.2) is 5.82 Å². The highest BCUT2D eigenvalue weighted by molar-refractivity contribution is 5.99. The molecule has 0 bridgehead atoms. The van der Waals surface area contributed by atoms with E-state index in [2.05, 4.69) is 20.5 Å². The zero-order valence-electron chi connectivity index (χ0n) is 15.1. The van der Waals surface area contributed by atoms with Crippen LogP contribution in [-0.4, -0.2) is 32.7 Å². The van der Waals surface area contributed by atoms with Crippen LogP contribution in [0.4, 0.5) is 23.8 Å². The maximum absolute atomic E-state index is 13.0. The molecule has 0 aliphatic carbocycles. The van der Waals surface area contributed by atoms with E-state index in [0.29, 0.717) is 36.2 Å². The monoisotopic (exact) mass is 399 g/mol. The van der Waals surface area contributed by atoms with Gasteiger partial charge in [-0.2, -0.15) is 18.3 Å². The van der Waals surface area contributed by atoms with E-state index in [0.717, 1.165) is 28.2 Å². The number of aromatic nitrogens is 3. The van der Waals surface area contributed by atoms with E-state index in [-0.39, 0.29) is 6.03 Å². The summed E-state index contributed by atoms with van der Waals surface area (Å²) in [6.45, 7) is 0.698. The van der Waals surface area contributed by atoms with Crippen LogP contribution in [0.5, 0.6) is 0 Å². The van der Waals surface area contributed by atoms with Gasteiger partial charge in [-0.25, -0.2) is 4.79 Å². The molecular formula is C20H16F3N5O. The SMILES string of the molecule is O=C(Nc1n[nH]c2ccccc12)N1CCc2c([nH]c3ccc(C(F)(F)F)cc23)C1. The third-order valence-corrected chi connectivity index (χ3v) is 5.29. The minimum Gasteiger partial charge on any atom is -0.357 e. The third-order valence-electron chi connectivity index (χ3n) is 5.29. The summed E-state index contributed by atoms with van der Waals surface area (Å²) in [4.78, 5) is 17.5. The average Bonchev–Trinajstić information content (AvgIpc) is 3.27. The number of amides is 2. The molecule has 1 aliphatic heterocycles. The fraction of sp³-hybridized carbons (Fsp3) is 0.200. The van der Waals surface area contributed by atoms with Crippen LogP contribution in [0.25, 0.3) is 21.8 Å². The lowest BCUT2D eigenvalue weighted by Gasteiger charge is -2.27. The number of rotatable bonds is 1.